The van der Waals surface area contributed by atoms with Crippen LogP contribution in [0.3, 0.4) is 0 Å². The molecule has 2 aliphatic rings. The third-order valence-electron chi connectivity index (χ3n) is 5.10. The normalized spacial score (nSPS) is 18.0. The Morgan fingerprint density at radius 3 is 2.54 bits per heavy atom. The highest BCUT2D eigenvalue weighted by Crippen LogP contribution is 2.34. The van der Waals surface area contributed by atoms with E-state index in [1.54, 1.807) is 12.1 Å². The molecule has 9 heteroatoms. The van der Waals surface area contributed by atoms with Crippen LogP contribution in [0.4, 0.5) is 13.6 Å². The van der Waals surface area contributed by atoms with Crippen LogP contribution in [0.25, 0.3) is 0 Å². The fourth-order valence-electron chi connectivity index (χ4n) is 3.70. The van der Waals surface area contributed by atoms with Crippen molar-refractivity contribution >= 4 is 17.8 Å². The van der Waals surface area contributed by atoms with Crippen LogP contribution in [0, 0.1) is 0 Å². The third-order valence-corrected chi connectivity index (χ3v) is 5.10. The summed E-state index contributed by atoms with van der Waals surface area (Å²) in [7, 11) is 0. The Hall–Kier alpha value is -2.71. The summed E-state index contributed by atoms with van der Waals surface area (Å²) >= 11 is 0. The molecule has 3 rings (SSSR count). The van der Waals surface area contributed by atoms with E-state index in [9.17, 15) is 23.2 Å². The maximum absolute atomic E-state index is 12.5. The second-order valence-electron chi connectivity index (χ2n) is 7.08. The number of amides is 4. The van der Waals surface area contributed by atoms with Crippen LogP contribution in [0.5, 0.6) is 5.75 Å². The van der Waals surface area contributed by atoms with Crippen LogP contribution in [-0.4, -0.2) is 48.0 Å². The van der Waals surface area contributed by atoms with Crippen molar-refractivity contribution in [1.82, 2.24) is 15.5 Å². The molecule has 0 aromatic heterocycles. The Balaban J connectivity index is 1.39. The Kier molecular flexibility index (Phi) is 6.11. The van der Waals surface area contributed by atoms with Gasteiger partial charge in [-0.25, -0.2) is 4.79 Å². The fourth-order valence-corrected chi connectivity index (χ4v) is 3.70. The smallest absolute Gasteiger partial charge is 0.387 e. The molecule has 1 saturated carbocycles. The van der Waals surface area contributed by atoms with Gasteiger partial charge in [0.2, 0.25) is 5.91 Å². The molecule has 7 nitrogen and oxygen atoms in total. The Labute approximate surface area is 161 Å². The molecule has 152 valence electrons. The number of alkyl halides is 2. The molecule has 0 atom stereocenters. The molecule has 28 heavy (non-hydrogen) atoms. The van der Waals surface area contributed by atoms with Crippen molar-refractivity contribution in [1.29, 1.82) is 0 Å². The predicted molar refractivity (Wildman–Crippen MR) is 95.8 cm³/mol. The van der Waals surface area contributed by atoms with E-state index in [0.29, 0.717) is 31.4 Å². The van der Waals surface area contributed by atoms with E-state index >= 15 is 0 Å². The SMILES string of the molecule is O=C(Cc1ccc(OC(F)F)cc1)NCCCN1C(=O)NC2(CCCC2)C1=O. The summed E-state index contributed by atoms with van der Waals surface area (Å²) in [5.41, 5.74) is -0.0445. The van der Waals surface area contributed by atoms with Gasteiger partial charge in [-0.15, -0.1) is 0 Å². The van der Waals surface area contributed by atoms with E-state index in [-0.39, 0.29) is 36.6 Å². The maximum atomic E-state index is 12.5. The molecule has 2 fully saturated rings. The van der Waals surface area contributed by atoms with Crippen molar-refractivity contribution < 1.29 is 27.9 Å². The monoisotopic (exact) mass is 395 g/mol. The van der Waals surface area contributed by atoms with Crippen molar-refractivity contribution in [3.63, 3.8) is 0 Å². The zero-order valence-electron chi connectivity index (χ0n) is 15.4. The molecule has 4 amide bonds. The van der Waals surface area contributed by atoms with Gasteiger partial charge >= 0.3 is 12.6 Å². The molecule has 0 radical (unpaired) electrons. The number of imide groups is 1. The number of rotatable bonds is 8. The van der Waals surface area contributed by atoms with Gasteiger partial charge in [0.05, 0.1) is 6.42 Å². The topological polar surface area (TPSA) is 87.7 Å². The van der Waals surface area contributed by atoms with Crippen LogP contribution in [-0.2, 0) is 16.0 Å². The lowest BCUT2D eigenvalue weighted by Gasteiger charge is -2.20. The quantitative estimate of drug-likeness (QED) is 0.522. The largest absolute Gasteiger partial charge is 0.435 e. The van der Waals surface area contributed by atoms with Gasteiger partial charge in [-0.1, -0.05) is 25.0 Å². The van der Waals surface area contributed by atoms with Crippen LogP contribution < -0.4 is 15.4 Å². The van der Waals surface area contributed by atoms with E-state index in [0.717, 1.165) is 12.8 Å². The number of benzene rings is 1. The lowest BCUT2D eigenvalue weighted by atomic mass is 9.98. The molecule has 1 aromatic rings. The summed E-state index contributed by atoms with van der Waals surface area (Å²) in [6, 6.07) is 5.50. The van der Waals surface area contributed by atoms with Crippen molar-refractivity contribution in [2.45, 2.75) is 50.7 Å². The summed E-state index contributed by atoms with van der Waals surface area (Å²) in [5, 5.41) is 5.55. The first-order valence-electron chi connectivity index (χ1n) is 9.34. The van der Waals surface area contributed by atoms with Crippen LogP contribution in [0.2, 0.25) is 0 Å². The fraction of sp³-hybridized carbons (Fsp3) is 0.526. The summed E-state index contributed by atoms with van der Waals surface area (Å²) in [6.07, 6.45) is 3.80. The highest BCUT2D eigenvalue weighted by molar-refractivity contribution is 6.07. The molecule has 1 saturated heterocycles. The minimum absolute atomic E-state index is 0.0350. The average molecular weight is 395 g/mol. The number of halogens is 2. The minimum Gasteiger partial charge on any atom is -0.435 e. The molecule has 0 unspecified atom stereocenters. The zero-order chi connectivity index (χ0) is 20.1. The number of hydrogen-bond donors (Lipinski definition) is 2. The number of nitrogens with zero attached hydrogens (tertiary/aromatic N) is 1. The van der Waals surface area contributed by atoms with E-state index in [4.69, 9.17) is 0 Å². The highest BCUT2D eigenvalue weighted by Gasteiger charge is 2.51. The lowest BCUT2D eigenvalue weighted by molar-refractivity contribution is -0.131. The van der Waals surface area contributed by atoms with Gasteiger partial charge in [-0.2, -0.15) is 8.78 Å². The molecule has 1 aromatic carbocycles. The van der Waals surface area contributed by atoms with E-state index in [1.807, 2.05) is 0 Å². The molecular weight excluding hydrogens is 372 g/mol. The number of nitrogens with one attached hydrogen (secondary N) is 2. The zero-order valence-corrected chi connectivity index (χ0v) is 15.4. The first kappa shape index (κ1) is 20.0. The van der Waals surface area contributed by atoms with E-state index < -0.39 is 12.2 Å². The second-order valence-corrected chi connectivity index (χ2v) is 7.08. The Morgan fingerprint density at radius 2 is 1.89 bits per heavy atom. The van der Waals surface area contributed by atoms with Gasteiger partial charge in [0.25, 0.3) is 5.91 Å². The van der Waals surface area contributed by atoms with Crippen molar-refractivity contribution in [2.24, 2.45) is 0 Å². The van der Waals surface area contributed by atoms with E-state index in [2.05, 4.69) is 15.4 Å². The first-order valence-corrected chi connectivity index (χ1v) is 9.34. The number of hydrogen-bond acceptors (Lipinski definition) is 4. The average Bonchev–Trinajstić information content (AvgIpc) is 3.20. The van der Waals surface area contributed by atoms with Gasteiger partial charge in [0, 0.05) is 13.1 Å². The molecule has 0 bridgehead atoms. The van der Waals surface area contributed by atoms with E-state index in [1.165, 1.54) is 17.0 Å². The minimum atomic E-state index is -2.89. The molecule has 2 N–H and O–H groups in total. The van der Waals surface area contributed by atoms with Crippen molar-refractivity contribution in [2.75, 3.05) is 13.1 Å². The number of ether oxygens (including phenoxy) is 1. The van der Waals surface area contributed by atoms with Crippen molar-refractivity contribution in [3.8, 4) is 5.75 Å². The highest BCUT2D eigenvalue weighted by atomic mass is 19.3. The van der Waals surface area contributed by atoms with Gasteiger partial charge in [0.1, 0.15) is 11.3 Å². The van der Waals surface area contributed by atoms with Crippen LogP contribution in [0.1, 0.15) is 37.7 Å². The first-order chi connectivity index (χ1) is 13.4. The summed E-state index contributed by atoms with van der Waals surface area (Å²) < 4.78 is 28.5. The maximum Gasteiger partial charge on any atom is 0.387 e. The Bertz CT molecular complexity index is 733. The summed E-state index contributed by atoms with van der Waals surface area (Å²) in [6.45, 7) is -2.30. The standard InChI is InChI=1S/C19H23F2N3O4/c20-17(21)28-14-6-4-13(5-7-14)12-15(25)22-10-3-11-24-16(26)19(23-18(24)27)8-1-2-9-19/h4-7,17H,1-3,8-12H2,(H,22,25)(H,23,27). The molecule has 1 aliphatic carbocycles. The number of carbonyl (C=O) groups excluding carboxylic acids is 3. The summed E-state index contributed by atoms with van der Waals surface area (Å²) in [5.74, 6) is -0.354. The molecule has 1 spiro atoms. The molecule has 1 heterocycles. The molecular formula is C19H23F2N3O4. The number of carbonyl (C=O) groups is 3. The van der Waals surface area contributed by atoms with Crippen LogP contribution >= 0.6 is 0 Å². The van der Waals surface area contributed by atoms with Gasteiger partial charge in [-0.3, -0.25) is 14.5 Å². The molecule has 1 aliphatic heterocycles. The second kappa shape index (κ2) is 8.53. The van der Waals surface area contributed by atoms with Crippen LogP contribution in [0.15, 0.2) is 24.3 Å². The van der Waals surface area contributed by atoms with Crippen molar-refractivity contribution in [3.05, 3.63) is 29.8 Å². The van der Waals surface area contributed by atoms with Gasteiger partial charge in [-0.05, 0) is 37.0 Å². The number of urea groups is 1. The lowest BCUT2D eigenvalue weighted by Crippen LogP contribution is -2.44. The Morgan fingerprint density at radius 1 is 1.21 bits per heavy atom. The third kappa shape index (κ3) is 4.58. The summed E-state index contributed by atoms with van der Waals surface area (Å²) in [4.78, 5) is 37.8. The predicted octanol–water partition coefficient (Wildman–Crippen LogP) is 2.20. The van der Waals surface area contributed by atoms with Gasteiger partial charge in [0.15, 0.2) is 0 Å². The van der Waals surface area contributed by atoms with Gasteiger partial charge < -0.3 is 15.4 Å².